The van der Waals surface area contributed by atoms with Crippen molar-refractivity contribution in [2.45, 2.75) is 26.4 Å². The number of rotatable bonds is 5. The minimum absolute atomic E-state index is 0.196. The Kier molecular flexibility index (Phi) is 12.7. The van der Waals surface area contributed by atoms with Crippen LogP contribution in [0.3, 0.4) is 0 Å². The normalized spacial score (nSPS) is 11.6. The lowest BCUT2D eigenvalue weighted by Crippen LogP contribution is -2.18. The van der Waals surface area contributed by atoms with Gasteiger partial charge in [0, 0.05) is 6.61 Å². The SMILES string of the molecule is C=CC(C/C=C/C)OCC.NC(N)=O. The van der Waals surface area contributed by atoms with Crippen molar-refractivity contribution < 1.29 is 9.53 Å². The molecule has 14 heavy (non-hydrogen) atoms. The summed E-state index contributed by atoms with van der Waals surface area (Å²) in [6, 6.07) is -0.833. The highest BCUT2D eigenvalue weighted by atomic mass is 16.5. The molecule has 4 N–H and O–H groups in total. The summed E-state index contributed by atoms with van der Waals surface area (Å²) in [6.45, 7) is 8.43. The highest BCUT2D eigenvalue weighted by Gasteiger charge is 1.97. The van der Waals surface area contributed by atoms with Crippen molar-refractivity contribution in [1.82, 2.24) is 0 Å². The molecule has 4 heteroatoms. The zero-order valence-electron chi connectivity index (χ0n) is 8.90. The van der Waals surface area contributed by atoms with E-state index in [1.165, 1.54) is 0 Å². The van der Waals surface area contributed by atoms with Gasteiger partial charge < -0.3 is 16.2 Å². The molecule has 0 aromatic carbocycles. The maximum Gasteiger partial charge on any atom is 0.309 e. The average molecular weight is 200 g/mol. The fraction of sp³-hybridized carbons (Fsp3) is 0.500. The van der Waals surface area contributed by atoms with Gasteiger partial charge in [-0.25, -0.2) is 4.79 Å². The van der Waals surface area contributed by atoms with Crippen molar-refractivity contribution in [2.75, 3.05) is 6.61 Å². The Balaban J connectivity index is 0. The second kappa shape index (κ2) is 11.7. The van der Waals surface area contributed by atoms with Gasteiger partial charge in [-0.15, -0.1) is 6.58 Å². The topological polar surface area (TPSA) is 78.3 Å². The lowest BCUT2D eigenvalue weighted by atomic mass is 10.2. The third-order valence-corrected chi connectivity index (χ3v) is 1.25. The number of hydrogen-bond donors (Lipinski definition) is 2. The van der Waals surface area contributed by atoms with Gasteiger partial charge in [0.2, 0.25) is 0 Å². The maximum atomic E-state index is 9.00. The first-order valence-electron chi connectivity index (χ1n) is 4.48. The zero-order valence-corrected chi connectivity index (χ0v) is 8.90. The van der Waals surface area contributed by atoms with E-state index in [2.05, 4.69) is 24.1 Å². The molecule has 0 aromatic rings. The van der Waals surface area contributed by atoms with Crippen molar-refractivity contribution in [3.63, 3.8) is 0 Å². The van der Waals surface area contributed by atoms with Crippen LogP contribution in [-0.4, -0.2) is 18.7 Å². The Labute approximate surface area is 85.6 Å². The van der Waals surface area contributed by atoms with Crippen LogP contribution >= 0.6 is 0 Å². The Bertz CT molecular complexity index is 175. The predicted octanol–water partition coefficient (Wildman–Crippen LogP) is 1.57. The van der Waals surface area contributed by atoms with E-state index < -0.39 is 6.03 Å². The summed E-state index contributed by atoms with van der Waals surface area (Å²) in [6.07, 6.45) is 7.08. The fourth-order valence-electron chi connectivity index (χ4n) is 0.717. The molecule has 4 nitrogen and oxygen atoms in total. The molecule has 0 saturated carbocycles. The van der Waals surface area contributed by atoms with Gasteiger partial charge in [0.1, 0.15) is 0 Å². The number of urea groups is 1. The Hall–Kier alpha value is -1.29. The second-order valence-electron chi connectivity index (χ2n) is 2.44. The van der Waals surface area contributed by atoms with E-state index in [0.29, 0.717) is 0 Å². The van der Waals surface area contributed by atoms with Crippen LogP contribution in [0.2, 0.25) is 0 Å². The van der Waals surface area contributed by atoms with Crippen LogP contribution in [0.5, 0.6) is 0 Å². The zero-order chi connectivity index (χ0) is 11.4. The average Bonchev–Trinajstić information content (AvgIpc) is 2.11. The minimum atomic E-state index is -0.833. The third-order valence-electron chi connectivity index (χ3n) is 1.25. The van der Waals surface area contributed by atoms with E-state index in [1.807, 2.05) is 26.0 Å². The standard InChI is InChI=1S/C9H16O.CH4N2O/c1-4-7-8-9(5-2)10-6-3;2-1(3)4/h4-5,7,9H,2,6,8H2,1,3H3;(H4,2,3,4)/b7-4+;. The van der Waals surface area contributed by atoms with Gasteiger partial charge in [-0.05, 0) is 20.3 Å². The van der Waals surface area contributed by atoms with Gasteiger partial charge in [0.05, 0.1) is 6.10 Å². The van der Waals surface area contributed by atoms with E-state index in [1.54, 1.807) is 0 Å². The van der Waals surface area contributed by atoms with Crippen LogP contribution in [0.25, 0.3) is 0 Å². The molecule has 1 unspecified atom stereocenters. The number of nitrogens with two attached hydrogens (primary N) is 2. The number of carbonyl (C=O) groups excluding carboxylic acids is 1. The molecular formula is C10H20N2O2. The van der Waals surface area contributed by atoms with Crippen molar-refractivity contribution in [1.29, 1.82) is 0 Å². The van der Waals surface area contributed by atoms with Gasteiger partial charge in [-0.1, -0.05) is 18.2 Å². The molecular weight excluding hydrogens is 180 g/mol. The smallest absolute Gasteiger partial charge is 0.309 e. The summed E-state index contributed by atoms with van der Waals surface area (Å²) < 4.78 is 5.32. The number of ether oxygens (including phenoxy) is 1. The quantitative estimate of drug-likeness (QED) is 0.661. The molecule has 0 fully saturated rings. The number of primary amides is 2. The maximum absolute atomic E-state index is 9.00. The molecule has 0 saturated heterocycles. The van der Waals surface area contributed by atoms with Crippen molar-refractivity contribution in [3.05, 3.63) is 24.8 Å². The van der Waals surface area contributed by atoms with Crippen LogP contribution in [0, 0.1) is 0 Å². The molecule has 0 radical (unpaired) electrons. The Morgan fingerprint density at radius 1 is 1.57 bits per heavy atom. The van der Waals surface area contributed by atoms with Crippen LogP contribution < -0.4 is 11.5 Å². The van der Waals surface area contributed by atoms with Gasteiger partial charge in [0.25, 0.3) is 0 Å². The van der Waals surface area contributed by atoms with Crippen molar-refractivity contribution in [2.24, 2.45) is 11.5 Å². The second-order valence-corrected chi connectivity index (χ2v) is 2.44. The summed E-state index contributed by atoms with van der Waals surface area (Å²) in [7, 11) is 0. The molecule has 1 atom stereocenters. The lowest BCUT2D eigenvalue weighted by molar-refractivity contribution is 0.0988. The molecule has 0 aromatic heterocycles. The van der Waals surface area contributed by atoms with E-state index in [4.69, 9.17) is 9.53 Å². The molecule has 0 aliphatic carbocycles. The highest BCUT2D eigenvalue weighted by Crippen LogP contribution is 1.99. The van der Waals surface area contributed by atoms with Crippen LogP contribution in [0.4, 0.5) is 4.79 Å². The third kappa shape index (κ3) is 17.0. The van der Waals surface area contributed by atoms with Gasteiger partial charge >= 0.3 is 6.03 Å². The lowest BCUT2D eigenvalue weighted by Gasteiger charge is -2.08. The van der Waals surface area contributed by atoms with Crippen LogP contribution in [-0.2, 0) is 4.74 Å². The number of amides is 2. The van der Waals surface area contributed by atoms with E-state index in [-0.39, 0.29) is 6.10 Å². The Morgan fingerprint density at radius 2 is 2.07 bits per heavy atom. The molecule has 0 bridgehead atoms. The van der Waals surface area contributed by atoms with E-state index in [0.717, 1.165) is 13.0 Å². The molecule has 0 spiro atoms. The van der Waals surface area contributed by atoms with E-state index in [9.17, 15) is 0 Å². The first-order valence-corrected chi connectivity index (χ1v) is 4.48. The molecule has 0 rings (SSSR count). The number of allylic oxidation sites excluding steroid dienone is 1. The summed E-state index contributed by atoms with van der Waals surface area (Å²) in [5, 5.41) is 0. The van der Waals surface area contributed by atoms with Crippen LogP contribution in [0.1, 0.15) is 20.3 Å². The largest absolute Gasteiger partial charge is 0.374 e. The summed E-state index contributed by atoms with van der Waals surface area (Å²) in [5.41, 5.74) is 8.50. The summed E-state index contributed by atoms with van der Waals surface area (Å²) >= 11 is 0. The van der Waals surface area contributed by atoms with Crippen LogP contribution in [0.15, 0.2) is 24.8 Å². The number of carbonyl (C=O) groups is 1. The molecule has 0 heterocycles. The molecule has 0 aliphatic heterocycles. The molecule has 0 aliphatic rings. The Morgan fingerprint density at radius 3 is 2.36 bits per heavy atom. The fourth-order valence-corrected chi connectivity index (χ4v) is 0.717. The molecule has 82 valence electrons. The van der Waals surface area contributed by atoms with Gasteiger partial charge in [-0.2, -0.15) is 0 Å². The first-order chi connectivity index (χ1) is 6.58. The van der Waals surface area contributed by atoms with Crippen molar-refractivity contribution in [3.8, 4) is 0 Å². The first kappa shape index (κ1) is 15.2. The molecule has 2 amide bonds. The van der Waals surface area contributed by atoms with Crippen molar-refractivity contribution >= 4 is 6.03 Å². The monoisotopic (exact) mass is 200 g/mol. The predicted molar refractivity (Wildman–Crippen MR) is 58.8 cm³/mol. The van der Waals surface area contributed by atoms with E-state index >= 15 is 0 Å². The van der Waals surface area contributed by atoms with Gasteiger partial charge in [-0.3, -0.25) is 0 Å². The highest BCUT2D eigenvalue weighted by molar-refractivity contribution is 5.69. The van der Waals surface area contributed by atoms with Gasteiger partial charge in [0.15, 0.2) is 0 Å². The minimum Gasteiger partial charge on any atom is -0.374 e. The summed E-state index contributed by atoms with van der Waals surface area (Å²) in [5.74, 6) is 0. The number of hydrogen-bond acceptors (Lipinski definition) is 2. The summed E-state index contributed by atoms with van der Waals surface area (Å²) in [4.78, 5) is 9.00.